The SMILES string of the molecule is CCCCCCCCc1ccc(CCC(N)(CO)CO)cc1.O=C(O)/C=C\C(=O)O. The zero-order valence-electron chi connectivity index (χ0n) is 17.9. The van der Waals surface area contributed by atoms with Crippen molar-refractivity contribution in [2.45, 2.75) is 70.3 Å². The van der Waals surface area contributed by atoms with Crippen molar-refractivity contribution in [1.29, 1.82) is 0 Å². The second kappa shape index (κ2) is 16.6. The molecule has 0 fully saturated rings. The molecule has 7 nitrogen and oxygen atoms in total. The van der Waals surface area contributed by atoms with E-state index in [4.69, 9.17) is 15.9 Å². The molecule has 30 heavy (non-hydrogen) atoms. The summed E-state index contributed by atoms with van der Waals surface area (Å²) in [5, 5.41) is 34.0. The fourth-order valence-corrected chi connectivity index (χ4v) is 2.73. The third-order valence-corrected chi connectivity index (χ3v) is 4.75. The molecule has 0 aliphatic rings. The van der Waals surface area contributed by atoms with Crippen molar-refractivity contribution < 1.29 is 30.0 Å². The predicted octanol–water partition coefficient (Wildman–Crippen LogP) is 2.92. The summed E-state index contributed by atoms with van der Waals surface area (Å²) in [6.07, 6.45) is 11.6. The lowest BCUT2D eigenvalue weighted by Crippen LogP contribution is -2.47. The summed E-state index contributed by atoms with van der Waals surface area (Å²) in [6, 6.07) is 8.66. The molecule has 0 heterocycles. The molecule has 170 valence electrons. The van der Waals surface area contributed by atoms with Crippen LogP contribution in [0.4, 0.5) is 0 Å². The van der Waals surface area contributed by atoms with Crippen LogP contribution in [0.15, 0.2) is 36.4 Å². The van der Waals surface area contributed by atoms with Crippen LogP contribution in [0, 0.1) is 0 Å². The Kier molecular flexibility index (Phi) is 15.3. The van der Waals surface area contributed by atoms with Gasteiger partial charge in [0.15, 0.2) is 0 Å². The van der Waals surface area contributed by atoms with Crippen molar-refractivity contribution in [2.24, 2.45) is 5.73 Å². The number of carbonyl (C=O) groups is 2. The van der Waals surface area contributed by atoms with Crippen molar-refractivity contribution in [3.8, 4) is 0 Å². The molecule has 0 atom stereocenters. The highest BCUT2D eigenvalue weighted by molar-refractivity contribution is 5.89. The van der Waals surface area contributed by atoms with Crippen molar-refractivity contribution in [1.82, 2.24) is 0 Å². The van der Waals surface area contributed by atoms with Crippen LogP contribution in [0.25, 0.3) is 0 Å². The minimum absolute atomic E-state index is 0.181. The first-order chi connectivity index (χ1) is 14.3. The first-order valence-corrected chi connectivity index (χ1v) is 10.5. The Bertz CT molecular complexity index is 607. The van der Waals surface area contributed by atoms with Gasteiger partial charge in [0.1, 0.15) is 0 Å². The summed E-state index contributed by atoms with van der Waals surface area (Å²) in [7, 11) is 0. The van der Waals surface area contributed by atoms with Gasteiger partial charge < -0.3 is 26.2 Å². The number of carboxylic acids is 2. The Labute approximate surface area is 179 Å². The van der Waals surface area contributed by atoms with E-state index in [9.17, 15) is 19.8 Å². The molecule has 0 saturated carbocycles. The number of rotatable bonds is 14. The Balaban J connectivity index is 0.000000890. The molecule has 0 aliphatic carbocycles. The molecular formula is C23H37NO6. The van der Waals surface area contributed by atoms with Gasteiger partial charge in [-0.15, -0.1) is 0 Å². The zero-order valence-corrected chi connectivity index (χ0v) is 17.9. The average molecular weight is 424 g/mol. The van der Waals surface area contributed by atoms with E-state index >= 15 is 0 Å². The van der Waals surface area contributed by atoms with Gasteiger partial charge in [-0.05, 0) is 36.8 Å². The number of aliphatic hydroxyl groups excluding tert-OH is 2. The third-order valence-electron chi connectivity index (χ3n) is 4.75. The normalized spacial score (nSPS) is 11.2. The van der Waals surface area contributed by atoms with Gasteiger partial charge in [-0.1, -0.05) is 63.3 Å². The van der Waals surface area contributed by atoms with Gasteiger partial charge in [0.2, 0.25) is 0 Å². The molecule has 7 heteroatoms. The van der Waals surface area contributed by atoms with Crippen LogP contribution >= 0.6 is 0 Å². The van der Waals surface area contributed by atoms with E-state index in [1.807, 2.05) is 0 Å². The van der Waals surface area contributed by atoms with Crippen LogP contribution in [0.3, 0.4) is 0 Å². The first-order valence-electron chi connectivity index (χ1n) is 10.5. The lowest BCUT2D eigenvalue weighted by molar-refractivity contribution is -0.134. The summed E-state index contributed by atoms with van der Waals surface area (Å²) in [5.74, 6) is -2.51. The minimum Gasteiger partial charge on any atom is -0.478 e. The quantitative estimate of drug-likeness (QED) is 0.229. The van der Waals surface area contributed by atoms with Gasteiger partial charge in [-0.3, -0.25) is 0 Å². The van der Waals surface area contributed by atoms with E-state index in [0.717, 1.165) is 12.8 Å². The topological polar surface area (TPSA) is 141 Å². The maximum absolute atomic E-state index is 9.55. The molecule has 0 amide bonds. The highest BCUT2D eigenvalue weighted by Crippen LogP contribution is 2.14. The largest absolute Gasteiger partial charge is 0.478 e. The monoisotopic (exact) mass is 423 g/mol. The number of aryl methyl sites for hydroxylation is 2. The van der Waals surface area contributed by atoms with Gasteiger partial charge >= 0.3 is 11.9 Å². The zero-order chi connectivity index (χ0) is 22.8. The summed E-state index contributed by atoms with van der Waals surface area (Å²) in [4.78, 5) is 19.1. The molecule has 0 spiro atoms. The molecule has 0 unspecified atom stereocenters. The van der Waals surface area contributed by atoms with Gasteiger partial charge in [0, 0.05) is 12.2 Å². The van der Waals surface area contributed by atoms with Crippen LogP contribution < -0.4 is 5.73 Å². The number of benzene rings is 1. The Morgan fingerprint density at radius 1 is 0.833 bits per heavy atom. The minimum atomic E-state index is -1.26. The molecule has 0 aromatic heterocycles. The Morgan fingerprint density at radius 3 is 1.70 bits per heavy atom. The lowest BCUT2D eigenvalue weighted by Gasteiger charge is -2.24. The summed E-state index contributed by atoms with van der Waals surface area (Å²) < 4.78 is 0. The van der Waals surface area contributed by atoms with E-state index in [2.05, 4.69) is 31.2 Å². The van der Waals surface area contributed by atoms with E-state index in [1.54, 1.807) is 0 Å². The predicted molar refractivity (Wildman–Crippen MR) is 117 cm³/mol. The average Bonchev–Trinajstić information content (AvgIpc) is 2.74. The number of hydrogen-bond donors (Lipinski definition) is 5. The number of unbranched alkanes of at least 4 members (excludes halogenated alkanes) is 5. The molecule has 0 bridgehead atoms. The van der Waals surface area contributed by atoms with Gasteiger partial charge in [-0.2, -0.15) is 0 Å². The van der Waals surface area contributed by atoms with Crippen LogP contribution in [0.2, 0.25) is 0 Å². The summed E-state index contributed by atoms with van der Waals surface area (Å²) >= 11 is 0. The third kappa shape index (κ3) is 14.7. The van der Waals surface area contributed by atoms with Crippen LogP contribution in [-0.2, 0) is 22.4 Å². The molecule has 1 aromatic carbocycles. The van der Waals surface area contributed by atoms with Crippen LogP contribution in [0.1, 0.15) is 63.0 Å². The van der Waals surface area contributed by atoms with Crippen molar-refractivity contribution in [3.63, 3.8) is 0 Å². The number of hydrogen-bond acceptors (Lipinski definition) is 5. The molecule has 0 radical (unpaired) electrons. The fourth-order valence-electron chi connectivity index (χ4n) is 2.73. The fraction of sp³-hybridized carbons (Fsp3) is 0.565. The van der Waals surface area contributed by atoms with E-state index in [0.29, 0.717) is 18.6 Å². The van der Waals surface area contributed by atoms with Gasteiger partial charge in [0.25, 0.3) is 0 Å². The van der Waals surface area contributed by atoms with Gasteiger partial charge in [-0.25, -0.2) is 9.59 Å². The van der Waals surface area contributed by atoms with Gasteiger partial charge in [0.05, 0.1) is 18.8 Å². The Hall–Kier alpha value is -2.22. The standard InChI is InChI=1S/C19H33NO2.C4H4O4/c1-2-3-4-5-6-7-8-17-9-11-18(12-10-17)13-14-19(20,15-21)16-22;5-3(6)1-2-4(7)8/h9-12,21-22H,2-8,13-16,20H2,1H3;1-2H,(H,5,6)(H,7,8)/b;2-1-. The number of aliphatic hydroxyl groups is 2. The second-order valence-corrected chi connectivity index (χ2v) is 7.52. The number of carboxylic acid groups (broad SMARTS) is 2. The lowest BCUT2D eigenvalue weighted by atomic mass is 9.93. The van der Waals surface area contributed by atoms with Crippen LogP contribution in [0.5, 0.6) is 0 Å². The van der Waals surface area contributed by atoms with E-state index in [-0.39, 0.29) is 13.2 Å². The number of aliphatic carboxylic acids is 2. The Morgan fingerprint density at radius 2 is 1.27 bits per heavy atom. The van der Waals surface area contributed by atoms with E-state index in [1.165, 1.54) is 49.7 Å². The number of nitrogens with two attached hydrogens (primary N) is 1. The summed E-state index contributed by atoms with van der Waals surface area (Å²) in [5.41, 5.74) is 7.63. The molecular weight excluding hydrogens is 386 g/mol. The maximum Gasteiger partial charge on any atom is 0.328 e. The summed E-state index contributed by atoms with van der Waals surface area (Å²) in [6.45, 7) is 1.89. The van der Waals surface area contributed by atoms with Crippen LogP contribution in [-0.4, -0.2) is 51.1 Å². The molecule has 0 aliphatic heterocycles. The maximum atomic E-state index is 9.55. The first kappa shape index (κ1) is 27.8. The van der Waals surface area contributed by atoms with Crippen molar-refractivity contribution >= 4 is 11.9 Å². The van der Waals surface area contributed by atoms with Crippen molar-refractivity contribution in [2.75, 3.05) is 13.2 Å². The molecule has 1 rings (SSSR count). The highest BCUT2D eigenvalue weighted by atomic mass is 16.4. The smallest absolute Gasteiger partial charge is 0.328 e. The molecule has 6 N–H and O–H groups in total. The molecule has 1 aromatic rings. The molecule has 0 saturated heterocycles. The van der Waals surface area contributed by atoms with E-state index < -0.39 is 17.5 Å². The second-order valence-electron chi connectivity index (χ2n) is 7.52. The van der Waals surface area contributed by atoms with Crippen molar-refractivity contribution in [3.05, 3.63) is 47.5 Å². The highest BCUT2D eigenvalue weighted by Gasteiger charge is 2.22.